The van der Waals surface area contributed by atoms with E-state index >= 15 is 0 Å². The van der Waals surface area contributed by atoms with Crippen molar-refractivity contribution in [2.24, 2.45) is 5.92 Å². The van der Waals surface area contributed by atoms with Crippen LogP contribution in [0.25, 0.3) is 0 Å². The maximum Gasteiger partial charge on any atom is 0.243 e. The summed E-state index contributed by atoms with van der Waals surface area (Å²) in [7, 11) is -4.21. The Morgan fingerprint density at radius 1 is 1.06 bits per heavy atom. The molecule has 0 amide bonds. The Hall–Kier alpha value is -1.08. The molecule has 0 saturated carbocycles. The number of hydrogen-bond acceptors (Lipinski definition) is 2. The molecule has 0 heterocycles. The molecule has 0 aliphatic heterocycles. The zero-order valence-electron chi connectivity index (χ0n) is 10.2. The van der Waals surface area contributed by atoms with E-state index in [1.165, 1.54) is 0 Å². The lowest BCUT2D eigenvalue weighted by Gasteiger charge is -2.17. The summed E-state index contributed by atoms with van der Waals surface area (Å²) in [6.07, 6.45) is 0. The lowest BCUT2D eigenvalue weighted by Crippen LogP contribution is -2.36. The van der Waals surface area contributed by atoms with Gasteiger partial charge in [0, 0.05) is 6.04 Å². The highest BCUT2D eigenvalue weighted by Gasteiger charge is 2.26. The van der Waals surface area contributed by atoms with Gasteiger partial charge >= 0.3 is 0 Å². The van der Waals surface area contributed by atoms with Crippen LogP contribution in [0.4, 0.5) is 13.2 Å². The first-order chi connectivity index (χ1) is 8.16. The summed E-state index contributed by atoms with van der Waals surface area (Å²) in [5.74, 6) is -4.95. The van der Waals surface area contributed by atoms with Crippen molar-refractivity contribution in [2.45, 2.75) is 31.7 Å². The van der Waals surface area contributed by atoms with E-state index in [9.17, 15) is 21.6 Å². The molecule has 1 N–H and O–H groups in total. The van der Waals surface area contributed by atoms with Gasteiger partial charge in [-0.2, -0.15) is 0 Å². The molecule has 0 aliphatic carbocycles. The third-order valence-corrected chi connectivity index (χ3v) is 4.21. The largest absolute Gasteiger partial charge is 0.243 e. The Balaban J connectivity index is 3.18. The maximum absolute atomic E-state index is 13.4. The smallest absolute Gasteiger partial charge is 0.208 e. The van der Waals surface area contributed by atoms with Gasteiger partial charge in [0.1, 0.15) is 4.90 Å². The molecular formula is C11H14F3NO2S. The summed E-state index contributed by atoms with van der Waals surface area (Å²) >= 11 is 0. The lowest BCUT2D eigenvalue weighted by molar-refractivity contribution is 0.428. The average Bonchev–Trinajstić information content (AvgIpc) is 2.24. The first kappa shape index (κ1) is 15.0. The van der Waals surface area contributed by atoms with Crippen LogP contribution < -0.4 is 4.72 Å². The molecule has 0 bridgehead atoms. The SMILES string of the molecule is CC(C)[C@H](C)NS(=O)(=O)c1ccc(F)c(F)c1F. The van der Waals surface area contributed by atoms with Crippen LogP contribution in [0.3, 0.4) is 0 Å². The van der Waals surface area contributed by atoms with Crippen LogP contribution >= 0.6 is 0 Å². The second-order valence-electron chi connectivity index (χ2n) is 4.33. The summed E-state index contributed by atoms with van der Waals surface area (Å²) in [5.41, 5.74) is 0. The number of rotatable bonds is 4. The van der Waals surface area contributed by atoms with Crippen molar-refractivity contribution in [1.29, 1.82) is 0 Å². The molecule has 1 aromatic rings. The molecule has 1 rings (SSSR count). The Labute approximate surface area is 104 Å². The second-order valence-corrected chi connectivity index (χ2v) is 6.01. The Morgan fingerprint density at radius 2 is 1.61 bits per heavy atom. The van der Waals surface area contributed by atoms with Gasteiger partial charge in [-0.05, 0) is 25.0 Å². The minimum absolute atomic E-state index is 0.0202. The van der Waals surface area contributed by atoms with Crippen LogP contribution in [0, 0.1) is 23.4 Å². The van der Waals surface area contributed by atoms with Crippen molar-refractivity contribution >= 4 is 10.0 Å². The van der Waals surface area contributed by atoms with Crippen LogP contribution in [0.1, 0.15) is 20.8 Å². The second kappa shape index (κ2) is 5.27. The number of halogens is 3. The van der Waals surface area contributed by atoms with Crippen molar-refractivity contribution in [3.63, 3.8) is 0 Å². The quantitative estimate of drug-likeness (QED) is 0.862. The lowest BCUT2D eigenvalue weighted by atomic mass is 10.1. The van der Waals surface area contributed by atoms with Gasteiger partial charge in [-0.25, -0.2) is 26.3 Å². The van der Waals surface area contributed by atoms with Gasteiger partial charge < -0.3 is 0 Å². The first-order valence-corrected chi connectivity index (χ1v) is 6.81. The number of sulfonamides is 1. The zero-order valence-corrected chi connectivity index (χ0v) is 11.0. The van der Waals surface area contributed by atoms with Crippen LogP contribution in [0.2, 0.25) is 0 Å². The zero-order chi connectivity index (χ0) is 14.1. The summed E-state index contributed by atoms with van der Waals surface area (Å²) < 4.78 is 64.8. The van der Waals surface area contributed by atoms with Crippen molar-refractivity contribution in [3.05, 3.63) is 29.6 Å². The molecule has 0 saturated heterocycles. The van der Waals surface area contributed by atoms with E-state index in [0.29, 0.717) is 12.1 Å². The third-order valence-electron chi connectivity index (χ3n) is 2.63. The molecule has 0 radical (unpaired) electrons. The summed E-state index contributed by atoms with van der Waals surface area (Å²) in [6.45, 7) is 5.14. The van der Waals surface area contributed by atoms with Crippen molar-refractivity contribution in [3.8, 4) is 0 Å². The first-order valence-electron chi connectivity index (χ1n) is 5.32. The highest BCUT2D eigenvalue weighted by molar-refractivity contribution is 7.89. The van der Waals surface area contributed by atoms with Gasteiger partial charge in [0.15, 0.2) is 17.5 Å². The molecule has 3 nitrogen and oxygen atoms in total. The number of benzene rings is 1. The molecule has 0 unspecified atom stereocenters. The summed E-state index contributed by atoms with van der Waals surface area (Å²) in [4.78, 5) is -0.895. The fourth-order valence-electron chi connectivity index (χ4n) is 1.16. The van der Waals surface area contributed by atoms with Gasteiger partial charge in [0.05, 0.1) is 0 Å². The topological polar surface area (TPSA) is 46.2 Å². The van der Waals surface area contributed by atoms with E-state index in [2.05, 4.69) is 4.72 Å². The van der Waals surface area contributed by atoms with E-state index in [0.717, 1.165) is 0 Å². The Kier molecular flexibility index (Phi) is 4.39. The molecule has 0 aliphatic rings. The molecule has 0 fully saturated rings. The van der Waals surface area contributed by atoms with Gasteiger partial charge in [-0.15, -0.1) is 0 Å². The average molecular weight is 281 g/mol. The summed E-state index contributed by atoms with van der Waals surface area (Å²) in [6, 6.07) is 0.818. The molecule has 0 spiro atoms. The monoisotopic (exact) mass is 281 g/mol. The van der Waals surface area contributed by atoms with Gasteiger partial charge in [0.25, 0.3) is 0 Å². The van der Waals surface area contributed by atoms with Gasteiger partial charge in [-0.1, -0.05) is 13.8 Å². The molecule has 0 aromatic heterocycles. The molecule has 1 aromatic carbocycles. The van der Waals surface area contributed by atoms with Crippen LogP contribution in [0.15, 0.2) is 17.0 Å². The standard InChI is InChI=1S/C11H14F3NO2S/c1-6(2)7(3)15-18(16,17)9-5-4-8(12)10(13)11(9)14/h4-7,15H,1-3H3/t7-/m0/s1. The van der Waals surface area contributed by atoms with Gasteiger partial charge in [0.2, 0.25) is 10.0 Å². The predicted molar refractivity (Wildman–Crippen MR) is 60.9 cm³/mol. The Bertz CT molecular complexity index is 543. The fourth-order valence-corrected chi connectivity index (χ4v) is 2.62. The van der Waals surface area contributed by atoms with Crippen molar-refractivity contribution < 1.29 is 21.6 Å². The van der Waals surface area contributed by atoms with E-state index in [4.69, 9.17) is 0 Å². The predicted octanol–water partition coefficient (Wildman–Crippen LogP) is 2.43. The van der Waals surface area contributed by atoms with Crippen molar-refractivity contribution in [1.82, 2.24) is 4.72 Å². The number of hydrogen-bond donors (Lipinski definition) is 1. The molecule has 18 heavy (non-hydrogen) atoms. The fraction of sp³-hybridized carbons (Fsp3) is 0.455. The minimum Gasteiger partial charge on any atom is -0.208 e. The minimum atomic E-state index is -4.21. The van der Waals surface area contributed by atoms with Crippen LogP contribution in [0.5, 0.6) is 0 Å². The maximum atomic E-state index is 13.4. The normalized spacial score (nSPS) is 13.9. The third kappa shape index (κ3) is 3.02. The summed E-state index contributed by atoms with van der Waals surface area (Å²) in [5, 5.41) is 0. The van der Waals surface area contributed by atoms with Crippen molar-refractivity contribution in [2.75, 3.05) is 0 Å². The van der Waals surface area contributed by atoms with E-state index in [1.54, 1.807) is 20.8 Å². The van der Waals surface area contributed by atoms with Crippen LogP contribution in [-0.4, -0.2) is 14.5 Å². The van der Waals surface area contributed by atoms with E-state index < -0.39 is 38.4 Å². The highest BCUT2D eigenvalue weighted by Crippen LogP contribution is 2.20. The molecule has 102 valence electrons. The number of nitrogens with one attached hydrogen (secondary N) is 1. The van der Waals surface area contributed by atoms with E-state index in [-0.39, 0.29) is 5.92 Å². The molecule has 1 atom stereocenters. The molecule has 7 heteroatoms. The highest BCUT2D eigenvalue weighted by atomic mass is 32.2. The van der Waals surface area contributed by atoms with Gasteiger partial charge in [-0.3, -0.25) is 0 Å². The molecular weight excluding hydrogens is 267 g/mol. The van der Waals surface area contributed by atoms with E-state index in [1.807, 2.05) is 0 Å². The Morgan fingerprint density at radius 3 is 2.11 bits per heavy atom. The van der Waals surface area contributed by atoms with Crippen LogP contribution in [-0.2, 0) is 10.0 Å².